The van der Waals surface area contributed by atoms with Gasteiger partial charge in [-0.3, -0.25) is 14.4 Å². The molecule has 0 aliphatic heterocycles. The van der Waals surface area contributed by atoms with Gasteiger partial charge in [0, 0.05) is 42.5 Å². The molecular weight excluding hydrogens is 450 g/mol. The highest BCUT2D eigenvalue weighted by atomic mass is 16.2. The minimum Gasteiger partial charge on any atom is -0.345 e. The zero-order valence-corrected chi connectivity index (χ0v) is 20.2. The SMILES string of the molecule is CN(C)C(=O)c1ccc(NC(=O)c2ccc([C@@H]3C[C@H]3C(=O)Nc3ccc4ccccc4c3)cc2)cc1. The maximum Gasteiger partial charge on any atom is 0.255 e. The predicted molar refractivity (Wildman–Crippen MR) is 142 cm³/mol. The van der Waals surface area contributed by atoms with E-state index in [1.54, 1.807) is 50.5 Å². The fourth-order valence-corrected chi connectivity index (χ4v) is 4.39. The minimum absolute atomic E-state index is 0.0216. The van der Waals surface area contributed by atoms with E-state index in [0.29, 0.717) is 16.8 Å². The first-order valence-corrected chi connectivity index (χ1v) is 11.9. The van der Waals surface area contributed by atoms with Crippen LogP contribution in [0.15, 0.2) is 91.0 Å². The third kappa shape index (κ3) is 4.98. The normalized spacial score (nSPS) is 16.3. The first kappa shape index (κ1) is 23.3. The molecule has 2 atom stereocenters. The van der Waals surface area contributed by atoms with Crippen molar-refractivity contribution in [3.05, 3.63) is 108 Å². The van der Waals surface area contributed by atoms with E-state index in [1.807, 2.05) is 54.6 Å². The quantitative estimate of drug-likeness (QED) is 0.383. The summed E-state index contributed by atoms with van der Waals surface area (Å²) in [6, 6.07) is 28.2. The number of carbonyl (C=O) groups excluding carboxylic acids is 3. The average molecular weight is 478 g/mol. The highest BCUT2D eigenvalue weighted by molar-refractivity contribution is 6.04. The summed E-state index contributed by atoms with van der Waals surface area (Å²) in [6.07, 6.45) is 0.795. The average Bonchev–Trinajstić information content (AvgIpc) is 3.70. The molecule has 0 aromatic heterocycles. The van der Waals surface area contributed by atoms with Crippen molar-refractivity contribution in [3.63, 3.8) is 0 Å². The zero-order valence-electron chi connectivity index (χ0n) is 20.2. The van der Waals surface area contributed by atoms with Gasteiger partial charge >= 0.3 is 0 Å². The number of benzene rings is 4. The van der Waals surface area contributed by atoms with Crippen molar-refractivity contribution in [3.8, 4) is 0 Å². The maximum absolute atomic E-state index is 12.8. The van der Waals surface area contributed by atoms with Crippen LogP contribution in [-0.4, -0.2) is 36.7 Å². The second-order valence-electron chi connectivity index (χ2n) is 9.35. The van der Waals surface area contributed by atoms with Gasteiger partial charge in [-0.25, -0.2) is 0 Å². The molecule has 3 amide bonds. The molecule has 180 valence electrons. The van der Waals surface area contributed by atoms with Crippen LogP contribution >= 0.6 is 0 Å². The molecule has 6 nitrogen and oxygen atoms in total. The minimum atomic E-state index is -0.227. The number of anilines is 2. The van der Waals surface area contributed by atoms with E-state index < -0.39 is 0 Å². The van der Waals surface area contributed by atoms with Gasteiger partial charge in [0.05, 0.1) is 0 Å². The van der Waals surface area contributed by atoms with Crippen LogP contribution in [0.3, 0.4) is 0 Å². The molecule has 1 fully saturated rings. The van der Waals surface area contributed by atoms with Gasteiger partial charge in [-0.15, -0.1) is 0 Å². The Labute approximate surface area is 209 Å². The summed E-state index contributed by atoms with van der Waals surface area (Å²) >= 11 is 0. The molecule has 0 radical (unpaired) electrons. The largest absolute Gasteiger partial charge is 0.345 e. The van der Waals surface area contributed by atoms with Gasteiger partial charge in [-0.2, -0.15) is 0 Å². The van der Waals surface area contributed by atoms with Gasteiger partial charge in [-0.1, -0.05) is 42.5 Å². The van der Waals surface area contributed by atoms with E-state index in [0.717, 1.165) is 28.4 Å². The lowest BCUT2D eigenvalue weighted by Crippen LogP contribution is -2.21. The van der Waals surface area contributed by atoms with Gasteiger partial charge < -0.3 is 15.5 Å². The van der Waals surface area contributed by atoms with Crippen LogP contribution < -0.4 is 10.6 Å². The third-order valence-electron chi connectivity index (χ3n) is 6.54. The number of hydrogen-bond donors (Lipinski definition) is 2. The van der Waals surface area contributed by atoms with Crippen LogP contribution in [-0.2, 0) is 4.79 Å². The molecule has 2 N–H and O–H groups in total. The Morgan fingerprint density at radius 3 is 2.06 bits per heavy atom. The molecule has 0 spiro atoms. The lowest BCUT2D eigenvalue weighted by Gasteiger charge is -2.11. The van der Waals surface area contributed by atoms with Crippen LogP contribution in [0.4, 0.5) is 11.4 Å². The summed E-state index contributed by atoms with van der Waals surface area (Å²) in [5.41, 5.74) is 3.57. The van der Waals surface area contributed by atoms with E-state index in [4.69, 9.17) is 0 Å². The molecule has 4 aromatic rings. The molecule has 36 heavy (non-hydrogen) atoms. The summed E-state index contributed by atoms with van der Waals surface area (Å²) in [7, 11) is 3.39. The number of nitrogens with zero attached hydrogens (tertiary/aromatic N) is 1. The van der Waals surface area contributed by atoms with Crippen LogP contribution in [0, 0.1) is 5.92 Å². The van der Waals surface area contributed by atoms with E-state index in [2.05, 4.69) is 10.6 Å². The molecule has 0 bridgehead atoms. The van der Waals surface area contributed by atoms with Crippen molar-refractivity contribution >= 4 is 39.9 Å². The summed E-state index contributed by atoms with van der Waals surface area (Å²) in [5, 5.41) is 8.13. The molecule has 1 saturated carbocycles. The van der Waals surface area contributed by atoms with E-state index in [9.17, 15) is 14.4 Å². The molecule has 0 heterocycles. The molecule has 4 aromatic carbocycles. The van der Waals surface area contributed by atoms with E-state index in [1.165, 1.54) is 4.90 Å². The number of carbonyl (C=O) groups is 3. The second kappa shape index (κ2) is 9.66. The fourth-order valence-electron chi connectivity index (χ4n) is 4.39. The number of rotatable bonds is 6. The molecule has 1 aliphatic rings. The van der Waals surface area contributed by atoms with Crippen molar-refractivity contribution in [1.29, 1.82) is 0 Å². The molecule has 6 heteroatoms. The second-order valence-corrected chi connectivity index (χ2v) is 9.35. The number of amides is 3. The number of nitrogens with one attached hydrogen (secondary N) is 2. The smallest absolute Gasteiger partial charge is 0.255 e. The molecule has 0 unspecified atom stereocenters. The Hall–Kier alpha value is -4.45. The standard InChI is InChI=1S/C30H27N3O3/c1-33(2)30(36)22-12-14-24(15-13-22)31-28(34)21-9-7-20(8-10-21)26-18-27(26)29(35)32-25-16-11-19-5-3-4-6-23(19)17-25/h3-17,26-27H,18H2,1-2H3,(H,31,34)(H,32,35)/t26-,27+/m0/s1. The zero-order chi connectivity index (χ0) is 25.2. The maximum atomic E-state index is 12.8. The van der Waals surface area contributed by atoms with Crippen LogP contribution in [0.5, 0.6) is 0 Å². The summed E-state index contributed by atoms with van der Waals surface area (Å²) in [6.45, 7) is 0. The third-order valence-corrected chi connectivity index (χ3v) is 6.54. The van der Waals surface area contributed by atoms with E-state index in [-0.39, 0.29) is 29.6 Å². The van der Waals surface area contributed by atoms with Crippen molar-refractivity contribution in [2.45, 2.75) is 12.3 Å². The van der Waals surface area contributed by atoms with Gasteiger partial charge in [0.1, 0.15) is 0 Å². The fraction of sp³-hybridized carbons (Fsp3) is 0.167. The van der Waals surface area contributed by atoms with Crippen LogP contribution in [0.1, 0.15) is 38.6 Å². The molecule has 0 saturated heterocycles. The molecule has 5 rings (SSSR count). The Kier molecular flexibility index (Phi) is 6.25. The first-order chi connectivity index (χ1) is 17.4. The Morgan fingerprint density at radius 2 is 1.36 bits per heavy atom. The highest BCUT2D eigenvalue weighted by Gasteiger charge is 2.43. The van der Waals surface area contributed by atoms with Crippen molar-refractivity contribution in [1.82, 2.24) is 4.90 Å². The predicted octanol–water partition coefficient (Wildman–Crippen LogP) is 5.54. The summed E-state index contributed by atoms with van der Waals surface area (Å²) < 4.78 is 0. The van der Waals surface area contributed by atoms with E-state index >= 15 is 0 Å². The van der Waals surface area contributed by atoms with Gasteiger partial charge in [0.25, 0.3) is 11.8 Å². The summed E-state index contributed by atoms with van der Waals surface area (Å²) in [5.74, 6) is -0.209. The Balaban J connectivity index is 1.17. The van der Waals surface area contributed by atoms with Crippen molar-refractivity contribution in [2.75, 3.05) is 24.7 Å². The Morgan fingerprint density at radius 1 is 0.722 bits per heavy atom. The van der Waals surface area contributed by atoms with Crippen LogP contribution in [0.2, 0.25) is 0 Å². The molecule has 1 aliphatic carbocycles. The van der Waals surface area contributed by atoms with Gasteiger partial charge in [0.2, 0.25) is 5.91 Å². The lowest BCUT2D eigenvalue weighted by atomic mass is 10.1. The lowest BCUT2D eigenvalue weighted by molar-refractivity contribution is -0.117. The van der Waals surface area contributed by atoms with Gasteiger partial charge in [-0.05, 0) is 77.2 Å². The Bertz CT molecular complexity index is 1440. The summed E-state index contributed by atoms with van der Waals surface area (Å²) in [4.78, 5) is 38.9. The first-order valence-electron chi connectivity index (χ1n) is 11.9. The van der Waals surface area contributed by atoms with Crippen molar-refractivity contribution < 1.29 is 14.4 Å². The number of fused-ring (bicyclic) bond motifs is 1. The number of hydrogen-bond acceptors (Lipinski definition) is 3. The molecular formula is C30H27N3O3. The van der Waals surface area contributed by atoms with Crippen LogP contribution in [0.25, 0.3) is 10.8 Å². The highest BCUT2D eigenvalue weighted by Crippen LogP contribution is 2.48. The topological polar surface area (TPSA) is 78.5 Å². The van der Waals surface area contributed by atoms with Crippen molar-refractivity contribution in [2.24, 2.45) is 5.92 Å². The van der Waals surface area contributed by atoms with Gasteiger partial charge in [0.15, 0.2) is 0 Å². The monoisotopic (exact) mass is 477 g/mol.